The Balaban J connectivity index is 2.07. The van der Waals surface area contributed by atoms with Crippen LogP contribution in [-0.4, -0.2) is 5.11 Å². The molecule has 0 aliphatic heterocycles. The molecule has 0 radical (unpaired) electrons. The molecule has 0 spiro atoms. The van der Waals surface area contributed by atoms with Gasteiger partial charge < -0.3 is 10.6 Å². The Morgan fingerprint density at radius 2 is 1.70 bits per heavy atom. The van der Waals surface area contributed by atoms with E-state index in [0.29, 0.717) is 26.5 Å². The lowest BCUT2D eigenvalue weighted by Gasteiger charge is -2.12. The highest BCUT2D eigenvalue weighted by molar-refractivity contribution is 7.80. The largest absolute Gasteiger partial charge is 0.332 e. The molecule has 2 N–H and O–H groups in total. The van der Waals surface area contributed by atoms with Crippen LogP contribution in [0.1, 0.15) is 0 Å². The third-order valence-corrected chi connectivity index (χ3v) is 3.40. The lowest BCUT2D eigenvalue weighted by atomic mass is 10.3. The van der Waals surface area contributed by atoms with Crippen LogP contribution in [0.3, 0.4) is 0 Å². The van der Waals surface area contributed by atoms with Crippen LogP contribution < -0.4 is 10.6 Å². The topological polar surface area (TPSA) is 24.1 Å². The number of thiocarbonyl (C=S) groups is 1. The first-order chi connectivity index (χ1) is 9.45. The normalized spacial score (nSPS) is 10.2. The van der Waals surface area contributed by atoms with E-state index in [1.165, 1.54) is 18.2 Å². The molecule has 0 fully saturated rings. The van der Waals surface area contributed by atoms with Crippen molar-refractivity contribution in [1.29, 1.82) is 0 Å². The van der Waals surface area contributed by atoms with E-state index in [4.69, 9.17) is 47.0 Å². The second-order valence-electron chi connectivity index (χ2n) is 3.83. The van der Waals surface area contributed by atoms with Crippen molar-refractivity contribution in [3.05, 3.63) is 57.3 Å². The number of hydrogen-bond acceptors (Lipinski definition) is 1. The maximum Gasteiger partial charge on any atom is 0.175 e. The van der Waals surface area contributed by atoms with E-state index in [0.717, 1.165) is 0 Å². The predicted molar refractivity (Wildman–Crippen MR) is 87.7 cm³/mol. The molecule has 0 aromatic heterocycles. The van der Waals surface area contributed by atoms with E-state index in [1.54, 1.807) is 18.2 Å². The van der Waals surface area contributed by atoms with Crippen LogP contribution in [-0.2, 0) is 0 Å². The number of benzene rings is 2. The van der Waals surface area contributed by atoms with Gasteiger partial charge in [0.15, 0.2) is 5.11 Å². The van der Waals surface area contributed by atoms with E-state index in [-0.39, 0.29) is 5.02 Å². The van der Waals surface area contributed by atoms with E-state index >= 15 is 0 Å². The fourth-order valence-electron chi connectivity index (χ4n) is 1.45. The molecule has 0 heterocycles. The summed E-state index contributed by atoms with van der Waals surface area (Å²) in [6.45, 7) is 0. The van der Waals surface area contributed by atoms with Crippen molar-refractivity contribution in [2.45, 2.75) is 0 Å². The van der Waals surface area contributed by atoms with E-state index < -0.39 is 5.82 Å². The molecule has 0 bridgehead atoms. The second kappa shape index (κ2) is 6.59. The summed E-state index contributed by atoms with van der Waals surface area (Å²) < 4.78 is 13.0. The van der Waals surface area contributed by atoms with E-state index in [1.807, 2.05) is 0 Å². The monoisotopic (exact) mass is 348 g/mol. The minimum Gasteiger partial charge on any atom is -0.332 e. The van der Waals surface area contributed by atoms with Gasteiger partial charge in [-0.1, -0.05) is 34.8 Å². The van der Waals surface area contributed by atoms with Gasteiger partial charge in [0.25, 0.3) is 0 Å². The lowest BCUT2D eigenvalue weighted by molar-refractivity contribution is 0.628. The molecule has 0 saturated carbocycles. The van der Waals surface area contributed by atoms with Gasteiger partial charge >= 0.3 is 0 Å². The Hall–Kier alpha value is -1.07. The van der Waals surface area contributed by atoms with Crippen molar-refractivity contribution in [1.82, 2.24) is 0 Å². The zero-order valence-electron chi connectivity index (χ0n) is 9.88. The smallest absolute Gasteiger partial charge is 0.175 e. The van der Waals surface area contributed by atoms with Crippen LogP contribution in [0.2, 0.25) is 15.1 Å². The summed E-state index contributed by atoms with van der Waals surface area (Å²) in [5, 5.41) is 7.08. The first-order valence-electron chi connectivity index (χ1n) is 5.44. The third kappa shape index (κ3) is 3.96. The Labute approximate surface area is 135 Å². The molecular weight excluding hydrogens is 342 g/mol. The van der Waals surface area contributed by atoms with Gasteiger partial charge in [-0.2, -0.15) is 0 Å². The first kappa shape index (κ1) is 15.3. The third-order valence-electron chi connectivity index (χ3n) is 2.36. The molecule has 104 valence electrons. The fraction of sp³-hybridized carbons (Fsp3) is 0. The van der Waals surface area contributed by atoms with Crippen LogP contribution in [0, 0.1) is 5.82 Å². The van der Waals surface area contributed by atoms with Crippen molar-refractivity contribution < 1.29 is 4.39 Å². The van der Waals surface area contributed by atoms with Gasteiger partial charge in [-0.05, 0) is 48.6 Å². The highest BCUT2D eigenvalue weighted by atomic mass is 35.5. The van der Waals surface area contributed by atoms with Gasteiger partial charge in [-0.3, -0.25) is 0 Å². The second-order valence-corrected chi connectivity index (χ2v) is 5.49. The Morgan fingerprint density at radius 1 is 0.950 bits per heavy atom. The summed E-state index contributed by atoms with van der Waals surface area (Å²) in [6.07, 6.45) is 0. The molecule has 20 heavy (non-hydrogen) atoms. The SMILES string of the molecule is Fc1ccc(NC(=S)Nc2ccc(Cl)cc2Cl)cc1Cl. The zero-order chi connectivity index (χ0) is 14.7. The molecule has 0 saturated heterocycles. The van der Waals surface area contributed by atoms with Crippen molar-refractivity contribution in [2.75, 3.05) is 10.6 Å². The molecule has 0 amide bonds. The molecule has 0 aliphatic rings. The average Bonchev–Trinajstić information content (AvgIpc) is 2.37. The van der Waals surface area contributed by atoms with Crippen molar-refractivity contribution in [3.8, 4) is 0 Å². The molecule has 2 aromatic rings. The van der Waals surface area contributed by atoms with Crippen molar-refractivity contribution >= 4 is 63.5 Å². The van der Waals surface area contributed by atoms with Crippen molar-refractivity contribution in [2.24, 2.45) is 0 Å². The molecule has 2 aromatic carbocycles. The number of rotatable bonds is 2. The maximum absolute atomic E-state index is 13.0. The summed E-state index contributed by atoms with van der Waals surface area (Å²) in [5.41, 5.74) is 1.18. The van der Waals surface area contributed by atoms with Crippen LogP contribution in [0.5, 0.6) is 0 Å². The summed E-state index contributed by atoms with van der Waals surface area (Å²) in [4.78, 5) is 0. The van der Waals surface area contributed by atoms with Gasteiger partial charge in [-0.15, -0.1) is 0 Å². The zero-order valence-corrected chi connectivity index (χ0v) is 13.0. The van der Waals surface area contributed by atoms with Gasteiger partial charge in [0.2, 0.25) is 0 Å². The van der Waals surface area contributed by atoms with Gasteiger partial charge in [0, 0.05) is 10.7 Å². The van der Waals surface area contributed by atoms with Gasteiger partial charge in [-0.25, -0.2) is 4.39 Å². The predicted octanol–water partition coefficient (Wildman–Crippen LogP) is 5.59. The molecule has 2 rings (SSSR count). The molecular formula is C13H8Cl3FN2S. The molecule has 0 unspecified atom stereocenters. The highest BCUT2D eigenvalue weighted by Crippen LogP contribution is 2.26. The minimum atomic E-state index is -0.489. The first-order valence-corrected chi connectivity index (χ1v) is 6.98. The van der Waals surface area contributed by atoms with Crippen LogP contribution in [0.4, 0.5) is 15.8 Å². The highest BCUT2D eigenvalue weighted by Gasteiger charge is 2.05. The van der Waals surface area contributed by atoms with Gasteiger partial charge in [0.05, 0.1) is 15.7 Å². The van der Waals surface area contributed by atoms with Gasteiger partial charge in [0.1, 0.15) is 5.82 Å². The fourth-order valence-corrected chi connectivity index (χ4v) is 2.31. The standard InChI is InChI=1S/C13H8Cl3FN2S/c14-7-1-4-12(10(16)5-7)19-13(20)18-8-2-3-11(17)9(15)6-8/h1-6H,(H2,18,19,20). The summed E-state index contributed by atoms with van der Waals surface area (Å²) in [7, 11) is 0. The molecule has 7 heteroatoms. The van der Waals surface area contributed by atoms with Crippen LogP contribution in [0.15, 0.2) is 36.4 Å². The summed E-state index contributed by atoms with van der Waals surface area (Å²) in [6, 6.07) is 9.21. The van der Waals surface area contributed by atoms with Crippen molar-refractivity contribution in [3.63, 3.8) is 0 Å². The van der Waals surface area contributed by atoms with E-state index in [9.17, 15) is 4.39 Å². The average molecular weight is 350 g/mol. The van der Waals surface area contributed by atoms with E-state index in [2.05, 4.69) is 10.6 Å². The minimum absolute atomic E-state index is 0.0160. The number of halogens is 4. The number of nitrogens with one attached hydrogen (secondary N) is 2. The Morgan fingerprint density at radius 3 is 2.35 bits per heavy atom. The molecule has 2 nitrogen and oxygen atoms in total. The quantitative estimate of drug-likeness (QED) is 0.691. The molecule has 0 atom stereocenters. The summed E-state index contributed by atoms with van der Waals surface area (Å²) in [5.74, 6) is -0.489. The summed E-state index contributed by atoms with van der Waals surface area (Å²) >= 11 is 22.6. The number of anilines is 2. The Bertz CT molecular complexity index is 664. The maximum atomic E-state index is 13.0. The Kier molecular flexibility index (Phi) is 5.05. The molecule has 0 aliphatic carbocycles. The van der Waals surface area contributed by atoms with Crippen LogP contribution >= 0.6 is 47.0 Å². The number of hydrogen-bond donors (Lipinski definition) is 2. The van der Waals surface area contributed by atoms with Crippen LogP contribution in [0.25, 0.3) is 0 Å². The lowest BCUT2D eigenvalue weighted by Crippen LogP contribution is -2.19.